The van der Waals surface area contributed by atoms with E-state index in [9.17, 15) is 4.39 Å². The van der Waals surface area contributed by atoms with Gasteiger partial charge in [0.15, 0.2) is 0 Å². The molecule has 5 heteroatoms. The lowest BCUT2D eigenvalue weighted by Gasteiger charge is -2.27. The van der Waals surface area contributed by atoms with Crippen LogP contribution in [0.25, 0.3) is 0 Å². The zero-order valence-corrected chi connectivity index (χ0v) is 16.0. The summed E-state index contributed by atoms with van der Waals surface area (Å²) in [5.41, 5.74) is 0.686. The predicted molar refractivity (Wildman–Crippen MR) is 101 cm³/mol. The Kier molecular flexibility index (Phi) is 8.73. The van der Waals surface area contributed by atoms with Gasteiger partial charge in [-0.15, -0.1) is 23.5 Å². The second-order valence-electron chi connectivity index (χ2n) is 6.35. The summed E-state index contributed by atoms with van der Waals surface area (Å²) in [4.78, 5) is 8.48. The van der Waals surface area contributed by atoms with Gasteiger partial charge in [0.2, 0.25) is 5.95 Å². The standard InChI is InChI=1S/C18H29FN2S2/c1-3-5-7-9-14-12-22-18(23-13-14)15-11-20-16(21-17(15)19)10-8-6-4-2/h11,14,18H,3-10,12-13H2,1-2H3. The third-order valence-electron chi connectivity index (χ3n) is 4.26. The molecule has 1 saturated heterocycles. The molecule has 1 aromatic heterocycles. The maximum Gasteiger partial charge on any atom is 0.221 e. The van der Waals surface area contributed by atoms with E-state index in [0.29, 0.717) is 11.4 Å². The lowest BCUT2D eigenvalue weighted by Crippen LogP contribution is -2.15. The molecule has 2 rings (SSSR count). The van der Waals surface area contributed by atoms with Crippen molar-refractivity contribution in [3.05, 3.63) is 23.5 Å². The number of hydrogen-bond acceptors (Lipinski definition) is 4. The Morgan fingerprint density at radius 1 is 1.09 bits per heavy atom. The molecule has 0 N–H and O–H groups in total. The van der Waals surface area contributed by atoms with Gasteiger partial charge in [-0.1, -0.05) is 46.0 Å². The van der Waals surface area contributed by atoms with Crippen LogP contribution in [-0.4, -0.2) is 21.5 Å². The van der Waals surface area contributed by atoms with E-state index < -0.39 is 0 Å². The molecule has 0 spiro atoms. The molecule has 0 bridgehead atoms. The number of unbranched alkanes of at least 4 members (excludes halogenated alkanes) is 4. The number of hydrogen-bond donors (Lipinski definition) is 0. The van der Waals surface area contributed by atoms with Crippen LogP contribution in [0.2, 0.25) is 0 Å². The molecule has 1 aliphatic rings. The Morgan fingerprint density at radius 3 is 2.43 bits per heavy atom. The Balaban J connectivity index is 1.83. The van der Waals surface area contributed by atoms with Crippen molar-refractivity contribution >= 4 is 23.5 Å². The summed E-state index contributed by atoms with van der Waals surface area (Å²) in [5.74, 6) is 3.41. The Bertz CT molecular complexity index is 462. The van der Waals surface area contributed by atoms with Crippen LogP contribution in [0.4, 0.5) is 4.39 Å². The van der Waals surface area contributed by atoms with Crippen LogP contribution >= 0.6 is 23.5 Å². The smallest absolute Gasteiger partial charge is 0.221 e. The molecule has 130 valence electrons. The average molecular weight is 357 g/mol. The number of aromatic nitrogens is 2. The fourth-order valence-electron chi connectivity index (χ4n) is 2.79. The summed E-state index contributed by atoms with van der Waals surface area (Å²) in [6.45, 7) is 4.41. The SMILES string of the molecule is CCCCCc1ncc(C2SCC(CCCCC)CS2)c(F)n1. The van der Waals surface area contributed by atoms with Gasteiger partial charge < -0.3 is 0 Å². The molecule has 0 unspecified atom stereocenters. The quantitative estimate of drug-likeness (QED) is 0.399. The maximum atomic E-state index is 14.3. The van der Waals surface area contributed by atoms with Gasteiger partial charge in [0, 0.05) is 18.2 Å². The van der Waals surface area contributed by atoms with Crippen LogP contribution in [0.3, 0.4) is 0 Å². The summed E-state index contributed by atoms with van der Waals surface area (Å²) in [5, 5.41) is 0. The van der Waals surface area contributed by atoms with E-state index in [2.05, 4.69) is 23.8 Å². The molecule has 0 aliphatic carbocycles. The predicted octanol–water partition coefficient (Wildman–Crippen LogP) is 6.02. The van der Waals surface area contributed by atoms with Gasteiger partial charge in [-0.25, -0.2) is 9.97 Å². The molecule has 0 aromatic carbocycles. The summed E-state index contributed by atoms with van der Waals surface area (Å²) >= 11 is 3.73. The number of rotatable bonds is 9. The molecule has 1 aromatic rings. The molecule has 1 fully saturated rings. The third-order valence-corrected chi connectivity index (χ3v) is 7.52. The molecular formula is C18H29FN2S2. The Labute approximate surface area is 148 Å². The van der Waals surface area contributed by atoms with Crippen molar-refractivity contribution < 1.29 is 4.39 Å². The number of nitrogens with zero attached hydrogens (tertiary/aromatic N) is 2. The molecule has 2 heterocycles. The van der Waals surface area contributed by atoms with Crippen molar-refractivity contribution in [1.82, 2.24) is 9.97 Å². The van der Waals surface area contributed by atoms with Gasteiger partial charge in [0.25, 0.3) is 0 Å². The fourth-order valence-corrected chi connectivity index (χ4v) is 5.93. The van der Waals surface area contributed by atoms with Crippen LogP contribution in [0, 0.1) is 11.9 Å². The number of thioether (sulfide) groups is 2. The van der Waals surface area contributed by atoms with Crippen molar-refractivity contribution in [2.75, 3.05) is 11.5 Å². The first-order valence-corrected chi connectivity index (χ1v) is 11.1. The summed E-state index contributed by atoms with van der Waals surface area (Å²) in [6.07, 6.45) is 11.1. The molecule has 0 atom stereocenters. The second kappa shape index (κ2) is 10.5. The first kappa shape index (κ1) is 19.0. The highest BCUT2D eigenvalue weighted by Crippen LogP contribution is 2.46. The van der Waals surface area contributed by atoms with Crippen LogP contribution in [0.15, 0.2) is 6.20 Å². The van der Waals surface area contributed by atoms with Crippen molar-refractivity contribution in [1.29, 1.82) is 0 Å². The number of aryl methyl sites for hydroxylation is 1. The first-order chi connectivity index (χ1) is 11.2. The van der Waals surface area contributed by atoms with E-state index in [1.54, 1.807) is 6.20 Å². The minimum atomic E-state index is -0.305. The van der Waals surface area contributed by atoms with Gasteiger partial charge in [0.1, 0.15) is 5.82 Å². The van der Waals surface area contributed by atoms with Gasteiger partial charge in [-0.3, -0.25) is 0 Å². The molecule has 1 aliphatic heterocycles. The minimum absolute atomic E-state index is 0.169. The normalized spacial score (nSPS) is 21.5. The first-order valence-electron chi connectivity index (χ1n) is 8.99. The second-order valence-corrected chi connectivity index (χ2v) is 8.92. The third kappa shape index (κ3) is 6.26. The average Bonchev–Trinajstić information content (AvgIpc) is 2.56. The van der Waals surface area contributed by atoms with E-state index >= 15 is 0 Å². The topological polar surface area (TPSA) is 25.8 Å². The maximum absolute atomic E-state index is 14.3. The molecule has 0 saturated carbocycles. The van der Waals surface area contributed by atoms with Crippen LogP contribution in [0.5, 0.6) is 0 Å². The molecular weight excluding hydrogens is 327 g/mol. The van der Waals surface area contributed by atoms with Crippen LogP contribution in [0.1, 0.15) is 74.8 Å². The van der Waals surface area contributed by atoms with Crippen molar-refractivity contribution in [3.63, 3.8) is 0 Å². The zero-order valence-electron chi connectivity index (χ0n) is 14.4. The highest BCUT2D eigenvalue weighted by atomic mass is 32.2. The highest BCUT2D eigenvalue weighted by molar-refractivity contribution is 8.16. The van der Waals surface area contributed by atoms with Crippen LogP contribution < -0.4 is 0 Å². The minimum Gasteiger partial charge on any atom is -0.241 e. The van der Waals surface area contributed by atoms with Crippen molar-refractivity contribution in [2.24, 2.45) is 5.92 Å². The van der Waals surface area contributed by atoms with Crippen molar-refractivity contribution in [3.8, 4) is 0 Å². The van der Waals surface area contributed by atoms with E-state index in [0.717, 1.165) is 43.1 Å². The molecule has 2 nitrogen and oxygen atoms in total. The van der Waals surface area contributed by atoms with Crippen molar-refractivity contribution in [2.45, 2.75) is 69.8 Å². The van der Waals surface area contributed by atoms with E-state index in [-0.39, 0.29) is 10.5 Å². The number of halogens is 1. The largest absolute Gasteiger partial charge is 0.241 e. The van der Waals surface area contributed by atoms with E-state index in [1.165, 1.54) is 25.7 Å². The molecule has 0 radical (unpaired) electrons. The van der Waals surface area contributed by atoms with Gasteiger partial charge in [0.05, 0.1) is 4.58 Å². The molecule has 0 amide bonds. The monoisotopic (exact) mass is 356 g/mol. The highest BCUT2D eigenvalue weighted by Gasteiger charge is 2.26. The lowest BCUT2D eigenvalue weighted by molar-refractivity contribution is 0.541. The fraction of sp³-hybridized carbons (Fsp3) is 0.778. The van der Waals surface area contributed by atoms with Gasteiger partial charge in [-0.05, 0) is 30.3 Å². The Hall–Kier alpha value is -0.290. The van der Waals surface area contributed by atoms with E-state index in [4.69, 9.17) is 0 Å². The zero-order chi connectivity index (χ0) is 16.5. The lowest BCUT2D eigenvalue weighted by atomic mass is 10.1. The summed E-state index contributed by atoms with van der Waals surface area (Å²) in [6, 6.07) is 0. The van der Waals surface area contributed by atoms with Gasteiger partial charge in [-0.2, -0.15) is 4.39 Å². The molecule has 23 heavy (non-hydrogen) atoms. The Morgan fingerprint density at radius 2 is 1.78 bits per heavy atom. The van der Waals surface area contributed by atoms with Gasteiger partial charge >= 0.3 is 0 Å². The van der Waals surface area contributed by atoms with E-state index in [1.807, 2.05) is 23.5 Å². The van der Waals surface area contributed by atoms with Crippen LogP contribution in [-0.2, 0) is 6.42 Å². The summed E-state index contributed by atoms with van der Waals surface area (Å²) < 4.78 is 14.5. The summed E-state index contributed by atoms with van der Waals surface area (Å²) in [7, 11) is 0.